The van der Waals surface area contributed by atoms with Crippen LogP contribution in [-0.4, -0.2) is 12.1 Å². The zero-order valence-corrected chi connectivity index (χ0v) is 20.7. The van der Waals surface area contributed by atoms with Crippen LogP contribution in [0.5, 0.6) is 0 Å². The average molecular weight is 454 g/mol. The van der Waals surface area contributed by atoms with Crippen molar-refractivity contribution in [3.05, 3.63) is 95.5 Å². The Morgan fingerprint density at radius 2 is 1.65 bits per heavy atom. The van der Waals surface area contributed by atoms with Crippen molar-refractivity contribution < 1.29 is 4.74 Å². The molecular weight excluding hydrogens is 414 g/mol. The summed E-state index contributed by atoms with van der Waals surface area (Å²) in [6.07, 6.45) is 35.3. The highest BCUT2D eigenvalue weighted by molar-refractivity contribution is 5.42. The predicted molar refractivity (Wildman–Crippen MR) is 141 cm³/mol. The Labute approximate surface area is 205 Å². The van der Waals surface area contributed by atoms with Crippen molar-refractivity contribution in [2.75, 3.05) is 0 Å². The lowest BCUT2D eigenvalue weighted by Gasteiger charge is -2.44. The topological polar surface area (TPSA) is 21.3 Å². The second-order valence-electron chi connectivity index (χ2n) is 11.3. The first-order valence-corrected chi connectivity index (χ1v) is 13.6. The molecule has 0 aromatic rings. The highest BCUT2D eigenvalue weighted by atomic mass is 16.5. The van der Waals surface area contributed by atoms with Crippen LogP contribution in [0, 0.1) is 35.5 Å². The van der Waals surface area contributed by atoms with Gasteiger partial charge in [-0.1, -0.05) is 80.7 Å². The van der Waals surface area contributed by atoms with Crippen LogP contribution in [0.3, 0.4) is 0 Å². The fraction of sp³-hybridized carbons (Fsp3) is 0.500. The van der Waals surface area contributed by atoms with Gasteiger partial charge in [0.05, 0.1) is 0 Å². The zero-order valence-electron chi connectivity index (χ0n) is 20.7. The molecule has 2 heteroatoms. The van der Waals surface area contributed by atoms with Gasteiger partial charge in [-0.2, -0.15) is 0 Å². The molecule has 6 aliphatic rings. The van der Waals surface area contributed by atoms with Gasteiger partial charge in [-0.3, -0.25) is 0 Å². The Balaban J connectivity index is 1.30. The summed E-state index contributed by atoms with van der Waals surface area (Å²) in [5.41, 5.74) is 4.46. The van der Waals surface area contributed by atoms with E-state index >= 15 is 0 Å². The highest BCUT2D eigenvalue weighted by Crippen LogP contribution is 2.47. The molecule has 6 rings (SSSR count). The number of hydrogen-bond acceptors (Lipinski definition) is 2. The molecule has 0 saturated carbocycles. The van der Waals surface area contributed by atoms with Crippen LogP contribution < -0.4 is 5.32 Å². The maximum absolute atomic E-state index is 6.66. The molecular formula is C32H39NO. The van der Waals surface area contributed by atoms with Crippen LogP contribution in [-0.2, 0) is 4.74 Å². The molecule has 0 spiro atoms. The van der Waals surface area contributed by atoms with Crippen molar-refractivity contribution in [3.8, 4) is 0 Å². The Morgan fingerprint density at radius 1 is 0.824 bits per heavy atom. The average Bonchev–Trinajstić information content (AvgIpc) is 3.28. The van der Waals surface area contributed by atoms with Crippen LogP contribution in [0.4, 0.5) is 0 Å². The van der Waals surface area contributed by atoms with Crippen LogP contribution >= 0.6 is 0 Å². The number of hydrogen-bond donors (Lipinski definition) is 1. The molecule has 4 aliphatic carbocycles. The van der Waals surface area contributed by atoms with Crippen molar-refractivity contribution in [2.45, 2.75) is 64.5 Å². The predicted octanol–water partition coefficient (Wildman–Crippen LogP) is 7.33. The van der Waals surface area contributed by atoms with Gasteiger partial charge in [0.15, 0.2) is 0 Å². The molecule has 7 atom stereocenters. The van der Waals surface area contributed by atoms with E-state index in [-0.39, 0.29) is 6.10 Å². The van der Waals surface area contributed by atoms with E-state index in [9.17, 15) is 0 Å². The summed E-state index contributed by atoms with van der Waals surface area (Å²) < 4.78 is 6.66. The van der Waals surface area contributed by atoms with Crippen LogP contribution in [0.1, 0.15) is 52.4 Å². The summed E-state index contributed by atoms with van der Waals surface area (Å²) in [5.74, 6) is 4.47. The summed E-state index contributed by atoms with van der Waals surface area (Å²) in [6.45, 7) is 4.80. The molecule has 2 heterocycles. The quantitative estimate of drug-likeness (QED) is 0.450. The Morgan fingerprint density at radius 3 is 2.47 bits per heavy atom. The van der Waals surface area contributed by atoms with E-state index in [1.165, 1.54) is 36.3 Å². The molecule has 0 fully saturated rings. The van der Waals surface area contributed by atoms with Gasteiger partial charge in [0.25, 0.3) is 0 Å². The minimum atomic E-state index is 0.175. The van der Waals surface area contributed by atoms with E-state index in [0.29, 0.717) is 41.5 Å². The number of rotatable bonds is 4. The first kappa shape index (κ1) is 22.0. The van der Waals surface area contributed by atoms with Crippen LogP contribution in [0.15, 0.2) is 95.5 Å². The second-order valence-corrected chi connectivity index (χ2v) is 11.3. The van der Waals surface area contributed by atoms with Gasteiger partial charge < -0.3 is 10.1 Å². The third-order valence-corrected chi connectivity index (χ3v) is 8.99. The molecule has 0 radical (unpaired) electrons. The molecule has 0 bridgehead atoms. The highest BCUT2D eigenvalue weighted by Gasteiger charge is 2.44. The lowest BCUT2D eigenvalue weighted by atomic mass is 9.70. The number of ether oxygens (including phenoxy) is 1. The minimum Gasteiger partial charge on any atom is -0.489 e. The van der Waals surface area contributed by atoms with E-state index in [4.69, 9.17) is 4.74 Å². The summed E-state index contributed by atoms with van der Waals surface area (Å²) in [7, 11) is 0. The molecule has 7 unspecified atom stereocenters. The largest absolute Gasteiger partial charge is 0.489 e. The minimum absolute atomic E-state index is 0.175. The van der Waals surface area contributed by atoms with Gasteiger partial charge >= 0.3 is 0 Å². The molecule has 2 aliphatic heterocycles. The summed E-state index contributed by atoms with van der Waals surface area (Å²) in [6, 6.07) is 0.422. The standard InChI is InChI=1S/C32H39NO/c1-21(2)23-19-20-29(25-14-7-6-13-24(25)22-11-4-3-5-12-22)33-31(23)28-17-10-16-27-26-15-8-9-18-30(26)34-32(27)28/h4,6-12,15-16,18,20-21,23-26,28,30-31,33H,3,5,13-14,17,19H2,1-2H3. The van der Waals surface area contributed by atoms with Gasteiger partial charge in [-0.05, 0) is 67.9 Å². The monoisotopic (exact) mass is 453 g/mol. The lowest BCUT2D eigenvalue weighted by molar-refractivity contribution is 0.109. The van der Waals surface area contributed by atoms with Crippen molar-refractivity contribution in [1.82, 2.24) is 5.32 Å². The zero-order chi connectivity index (χ0) is 23.1. The molecule has 0 aromatic heterocycles. The number of allylic oxidation sites excluding steroid dienone is 12. The van der Waals surface area contributed by atoms with E-state index in [1.807, 2.05) is 0 Å². The molecule has 34 heavy (non-hydrogen) atoms. The molecule has 0 aromatic carbocycles. The summed E-state index contributed by atoms with van der Waals surface area (Å²) in [4.78, 5) is 0. The van der Waals surface area contributed by atoms with E-state index in [0.717, 1.165) is 19.3 Å². The van der Waals surface area contributed by atoms with E-state index in [2.05, 4.69) is 92.1 Å². The first-order chi connectivity index (χ1) is 16.7. The van der Waals surface area contributed by atoms with Crippen LogP contribution in [0.25, 0.3) is 0 Å². The maximum atomic E-state index is 6.66. The van der Waals surface area contributed by atoms with Gasteiger partial charge in [0.1, 0.15) is 11.9 Å². The van der Waals surface area contributed by atoms with Gasteiger partial charge in [-0.25, -0.2) is 0 Å². The van der Waals surface area contributed by atoms with Crippen LogP contribution in [0.2, 0.25) is 0 Å². The second kappa shape index (κ2) is 9.29. The lowest BCUT2D eigenvalue weighted by Crippen LogP contribution is -2.49. The summed E-state index contributed by atoms with van der Waals surface area (Å²) >= 11 is 0. The van der Waals surface area contributed by atoms with Gasteiger partial charge in [0, 0.05) is 35.1 Å². The Hall–Kier alpha value is -2.48. The smallest absolute Gasteiger partial charge is 0.127 e. The van der Waals surface area contributed by atoms with Crippen molar-refractivity contribution in [1.29, 1.82) is 0 Å². The SMILES string of the molecule is CC(C)C1CC=C(C2CC=CCC2C2=CCCC=C2)NC1C1CC=CC2=C1OC1C=CC=CC21. The third kappa shape index (κ3) is 3.89. The first-order valence-electron chi connectivity index (χ1n) is 13.6. The third-order valence-electron chi connectivity index (χ3n) is 8.99. The molecule has 0 amide bonds. The molecule has 2 nitrogen and oxygen atoms in total. The molecule has 1 N–H and O–H groups in total. The number of nitrogens with one attached hydrogen (secondary N) is 1. The van der Waals surface area contributed by atoms with Crippen molar-refractivity contribution in [3.63, 3.8) is 0 Å². The van der Waals surface area contributed by atoms with Crippen molar-refractivity contribution >= 4 is 0 Å². The maximum Gasteiger partial charge on any atom is 0.127 e. The fourth-order valence-electron chi connectivity index (χ4n) is 7.16. The van der Waals surface area contributed by atoms with Crippen molar-refractivity contribution in [2.24, 2.45) is 35.5 Å². The van der Waals surface area contributed by atoms with Gasteiger partial charge in [0.2, 0.25) is 0 Å². The normalized spacial score (nSPS) is 38.3. The summed E-state index contributed by atoms with van der Waals surface area (Å²) in [5, 5.41) is 4.18. The Bertz CT molecular complexity index is 1040. The van der Waals surface area contributed by atoms with E-state index < -0.39 is 0 Å². The number of fused-ring (bicyclic) bond motifs is 2. The van der Waals surface area contributed by atoms with Gasteiger partial charge in [-0.15, -0.1) is 0 Å². The Kier molecular flexibility index (Phi) is 6.01. The molecule has 0 saturated heterocycles. The van der Waals surface area contributed by atoms with E-state index in [1.54, 1.807) is 5.57 Å². The fourth-order valence-corrected chi connectivity index (χ4v) is 7.16. The molecule has 178 valence electrons.